The van der Waals surface area contributed by atoms with Gasteiger partial charge >= 0.3 is 0 Å². The van der Waals surface area contributed by atoms with Crippen LogP contribution in [0.15, 0.2) is 33.9 Å². The van der Waals surface area contributed by atoms with Crippen LogP contribution in [0.3, 0.4) is 0 Å². The first kappa shape index (κ1) is 18.1. The third kappa shape index (κ3) is 4.41. The third-order valence-electron chi connectivity index (χ3n) is 3.54. The second kappa shape index (κ2) is 8.58. The van der Waals surface area contributed by atoms with E-state index in [0.717, 1.165) is 15.7 Å². The fourth-order valence-electron chi connectivity index (χ4n) is 2.23. The number of aliphatic imine (C=N–C) groups is 1. The number of methoxy groups -OCH3 is 2. The molecular formula is C16H22BrN5O2. The lowest BCUT2D eigenvalue weighted by Gasteiger charge is -2.14. The van der Waals surface area contributed by atoms with Crippen molar-refractivity contribution in [3.05, 3.63) is 40.1 Å². The lowest BCUT2D eigenvalue weighted by Crippen LogP contribution is -2.36. The van der Waals surface area contributed by atoms with Gasteiger partial charge in [-0.05, 0) is 39.7 Å². The number of hydrogen-bond acceptors (Lipinski definition) is 4. The largest absolute Gasteiger partial charge is 0.493 e. The van der Waals surface area contributed by atoms with Gasteiger partial charge in [-0.15, -0.1) is 0 Å². The highest BCUT2D eigenvalue weighted by Crippen LogP contribution is 2.36. The summed E-state index contributed by atoms with van der Waals surface area (Å²) in [6.07, 6.45) is 1.77. The van der Waals surface area contributed by atoms with Crippen molar-refractivity contribution in [2.24, 2.45) is 12.0 Å². The van der Waals surface area contributed by atoms with E-state index >= 15 is 0 Å². The van der Waals surface area contributed by atoms with E-state index in [-0.39, 0.29) is 0 Å². The summed E-state index contributed by atoms with van der Waals surface area (Å²) in [5, 5.41) is 10.7. The van der Waals surface area contributed by atoms with Crippen molar-refractivity contribution in [2.45, 2.75) is 13.1 Å². The molecule has 0 bridgehead atoms. The summed E-state index contributed by atoms with van der Waals surface area (Å²) in [6.45, 7) is 1.25. The van der Waals surface area contributed by atoms with E-state index in [2.05, 4.69) is 36.7 Å². The molecule has 130 valence electrons. The van der Waals surface area contributed by atoms with Gasteiger partial charge in [0.2, 0.25) is 0 Å². The lowest BCUT2D eigenvalue weighted by molar-refractivity contribution is 0.352. The Kier molecular flexibility index (Phi) is 6.48. The normalized spacial score (nSPS) is 11.3. The van der Waals surface area contributed by atoms with Crippen LogP contribution in [0.4, 0.5) is 0 Å². The van der Waals surface area contributed by atoms with Gasteiger partial charge in [-0.3, -0.25) is 9.67 Å². The van der Waals surface area contributed by atoms with Gasteiger partial charge in [-0.2, -0.15) is 5.10 Å². The minimum atomic E-state index is 0.601. The molecule has 8 heteroatoms. The predicted octanol–water partition coefficient (Wildman–Crippen LogP) is 2.06. The summed E-state index contributed by atoms with van der Waals surface area (Å²) in [7, 11) is 6.89. The number of rotatable bonds is 6. The van der Waals surface area contributed by atoms with Gasteiger partial charge in [0, 0.05) is 26.8 Å². The summed E-state index contributed by atoms with van der Waals surface area (Å²) < 4.78 is 13.4. The topological polar surface area (TPSA) is 72.7 Å². The van der Waals surface area contributed by atoms with Crippen LogP contribution in [0.5, 0.6) is 11.5 Å². The van der Waals surface area contributed by atoms with Gasteiger partial charge in [0.15, 0.2) is 17.5 Å². The number of aromatic nitrogens is 2. The standard InChI is InChI=1S/C16H22BrN5O2/c1-18-16(20-10-12-5-6-21-22(12)2)19-9-11-7-13(17)15(24-4)14(8-11)23-3/h5-8H,9-10H2,1-4H3,(H2,18,19,20). The molecule has 0 aliphatic heterocycles. The van der Waals surface area contributed by atoms with Crippen LogP contribution < -0.4 is 20.1 Å². The SMILES string of the molecule is CN=C(NCc1cc(Br)c(OC)c(OC)c1)NCc1ccnn1C. The number of ether oxygens (including phenoxy) is 2. The molecule has 0 radical (unpaired) electrons. The molecule has 0 spiro atoms. The van der Waals surface area contributed by atoms with E-state index in [4.69, 9.17) is 9.47 Å². The Morgan fingerprint density at radius 2 is 2.00 bits per heavy atom. The van der Waals surface area contributed by atoms with Crippen LogP contribution in [0.2, 0.25) is 0 Å². The quantitative estimate of drug-likeness (QED) is 0.578. The minimum Gasteiger partial charge on any atom is -0.493 e. The van der Waals surface area contributed by atoms with E-state index < -0.39 is 0 Å². The molecule has 1 aromatic carbocycles. The predicted molar refractivity (Wildman–Crippen MR) is 97.5 cm³/mol. The number of nitrogens with zero attached hydrogens (tertiary/aromatic N) is 3. The molecule has 24 heavy (non-hydrogen) atoms. The van der Waals surface area contributed by atoms with Crippen molar-refractivity contribution in [3.63, 3.8) is 0 Å². The highest BCUT2D eigenvalue weighted by atomic mass is 79.9. The Hall–Kier alpha value is -2.22. The second-order valence-corrected chi connectivity index (χ2v) is 5.89. The zero-order valence-electron chi connectivity index (χ0n) is 14.3. The van der Waals surface area contributed by atoms with Crippen molar-refractivity contribution in [1.29, 1.82) is 0 Å². The molecule has 0 fully saturated rings. The average Bonchev–Trinajstić information content (AvgIpc) is 2.99. The molecule has 2 aromatic rings. The number of hydrogen-bond donors (Lipinski definition) is 2. The van der Waals surface area contributed by atoms with Crippen molar-refractivity contribution in [2.75, 3.05) is 21.3 Å². The molecule has 0 saturated heterocycles. The van der Waals surface area contributed by atoms with Gasteiger partial charge < -0.3 is 20.1 Å². The van der Waals surface area contributed by atoms with Gasteiger partial charge in [0.25, 0.3) is 0 Å². The minimum absolute atomic E-state index is 0.601. The Bertz CT molecular complexity index is 714. The number of guanidine groups is 1. The highest BCUT2D eigenvalue weighted by Gasteiger charge is 2.11. The number of halogens is 1. The summed E-state index contributed by atoms with van der Waals surface area (Å²) in [6, 6.07) is 5.89. The molecule has 0 saturated carbocycles. The maximum absolute atomic E-state index is 5.36. The molecular weight excluding hydrogens is 374 g/mol. The maximum atomic E-state index is 5.36. The Morgan fingerprint density at radius 1 is 1.25 bits per heavy atom. The van der Waals surface area contributed by atoms with E-state index in [9.17, 15) is 0 Å². The lowest BCUT2D eigenvalue weighted by atomic mass is 10.2. The Balaban J connectivity index is 1.98. The van der Waals surface area contributed by atoms with Crippen molar-refractivity contribution >= 4 is 21.9 Å². The van der Waals surface area contributed by atoms with Crippen LogP contribution in [-0.2, 0) is 20.1 Å². The van der Waals surface area contributed by atoms with Crippen molar-refractivity contribution in [1.82, 2.24) is 20.4 Å². The molecule has 0 aliphatic rings. The van der Waals surface area contributed by atoms with Crippen LogP contribution in [-0.4, -0.2) is 37.0 Å². The van der Waals surface area contributed by atoms with Crippen molar-refractivity contribution in [3.8, 4) is 11.5 Å². The molecule has 2 rings (SSSR count). The first-order valence-corrected chi connectivity index (χ1v) is 8.20. The van der Waals surface area contributed by atoms with E-state index in [1.807, 2.05) is 29.9 Å². The van der Waals surface area contributed by atoms with Gasteiger partial charge in [0.1, 0.15) is 0 Å². The zero-order chi connectivity index (χ0) is 17.5. The van der Waals surface area contributed by atoms with E-state index in [0.29, 0.717) is 30.5 Å². The summed E-state index contributed by atoms with van der Waals surface area (Å²) in [5.41, 5.74) is 2.12. The number of nitrogens with one attached hydrogen (secondary N) is 2. The number of aryl methyl sites for hydroxylation is 1. The Morgan fingerprint density at radius 3 is 2.58 bits per heavy atom. The highest BCUT2D eigenvalue weighted by molar-refractivity contribution is 9.10. The molecule has 2 N–H and O–H groups in total. The van der Waals surface area contributed by atoms with Gasteiger partial charge in [-0.25, -0.2) is 0 Å². The molecule has 7 nitrogen and oxygen atoms in total. The zero-order valence-corrected chi connectivity index (χ0v) is 15.8. The van der Waals surface area contributed by atoms with Gasteiger partial charge in [-0.1, -0.05) is 0 Å². The molecule has 1 aromatic heterocycles. The maximum Gasteiger partial charge on any atom is 0.191 e. The van der Waals surface area contributed by atoms with E-state index in [1.54, 1.807) is 27.5 Å². The van der Waals surface area contributed by atoms with Crippen LogP contribution in [0, 0.1) is 0 Å². The molecule has 1 heterocycles. The smallest absolute Gasteiger partial charge is 0.191 e. The Labute approximate surface area is 150 Å². The van der Waals surface area contributed by atoms with E-state index in [1.165, 1.54) is 0 Å². The fourth-order valence-corrected chi connectivity index (χ4v) is 2.88. The molecule has 0 aliphatic carbocycles. The second-order valence-electron chi connectivity index (χ2n) is 5.04. The third-order valence-corrected chi connectivity index (χ3v) is 4.13. The summed E-state index contributed by atoms with van der Waals surface area (Å²) in [5.74, 6) is 2.07. The number of benzene rings is 1. The first-order chi connectivity index (χ1) is 11.6. The van der Waals surface area contributed by atoms with Crippen LogP contribution in [0.1, 0.15) is 11.3 Å². The summed E-state index contributed by atoms with van der Waals surface area (Å²) in [4.78, 5) is 4.23. The van der Waals surface area contributed by atoms with Crippen LogP contribution in [0.25, 0.3) is 0 Å². The monoisotopic (exact) mass is 395 g/mol. The first-order valence-electron chi connectivity index (χ1n) is 7.40. The van der Waals surface area contributed by atoms with Crippen molar-refractivity contribution < 1.29 is 9.47 Å². The summed E-state index contributed by atoms with van der Waals surface area (Å²) >= 11 is 3.50. The molecule has 0 amide bonds. The van der Waals surface area contributed by atoms with Crippen LogP contribution >= 0.6 is 15.9 Å². The fraction of sp³-hybridized carbons (Fsp3) is 0.375. The average molecular weight is 396 g/mol. The molecule has 0 unspecified atom stereocenters. The molecule has 0 atom stereocenters. The van der Waals surface area contributed by atoms with Gasteiger partial charge in [0.05, 0.1) is 30.9 Å².